The molecule has 0 aromatic rings. The normalized spacial score (nSPS) is 26.9. The third-order valence-electron chi connectivity index (χ3n) is 2.90. The molecule has 0 unspecified atom stereocenters. The summed E-state index contributed by atoms with van der Waals surface area (Å²) in [5, 5.41) is 0. The molecule has 1 rings (SSSR count). The highest BCUT2D eigenvalue weighted by atomic mass is 16.5. The summed E-state index contributed by atoms with van der Waals surface area (Å²) in [5.74, 6) is 0.0544. The average Bonchev–Trinajstić information content (AvgIpc) is 2.35. The SMILES string of the molecule is COC(=O)N1C(C)(C)C=C[C@@]1(C)CC(C)=O. The maximum Gasteiger partial charge on any atom is 0.410 e. The number of ketones is 1. The minimum Gasteiger partial charge on any atom is -0.453 e. The van der Waals surface area contributed by atoms with E-state index in [4.69, 9.17) is 4.74 Å². The number of rotatable bonds is 2. The van der Waals surface area contributed by atoms with Crippen molar-refractivity contribution in [3.8, 4) is 0 Å². The van der Waals surface area contributed by atoms with Crippen molar-refractivity contribution >= 4 is 11.9 Å². The Hall–Kier alpha value is -1.32. The lowest BCUT2D eigenvalue weighted by Crippen LogP contribution is -2.54. The van der Waals surface area contributed by atoms with E-state index in [0.717, 1.165) is 0 Å². The van der Waals surface area contributed by atoms with Gasteiger partial charge in [-0.15, -0.1) is 0 Å². The second-order valence-electron chi connectivity index (χ2n) is 5.03. The van der Waals surface area contributed by atoms with Crippen LogP contribution < -0.4 is 0 Å². The van der Waals surface area contributed by atoms with Gasteiger partial charge in [-0.3, -0.25) is 9.69 Å². The van der Waals surface area contributed by atoms with E-state index in [1.54, 1.807) is 4.90 Å². The van der Waals surface area contributed by atoms with Gasteiger partial charge in [0.2, 0.25) is 0 Å². The number of ether oxygens (including phenoxy) is 1. The van der Waals surface area contributed by atoms with E-state index in [2.05, 4.69) is 0 Å². The van der Waals surface area contributed by atoms with Gasteiger partial charge in [0.15, 0.2) is 0 Å². The third kappa shape index (κ3) is 2.10. The van der Waals surface area contributed by atoms with Gasteiger partial charge >= 0.3 is 6.09 Å². The molecule has 0 aliphatic carbocycles. The van der Waals surface area contributed by atoms with Crippen LogP contribution in [0.3, 0.4) is 0 Å². The third-order valence-corrected chi connectivity index (χ3v) is 2.90. The number of amides is 1. The number of Topliss-reactive ketones (excluding diaryl/α,β-unsaturated/α-hetero) is 1. The summed E-state index contributed by atoms with van der Waals surface area (Å²) in [6, 6.07) is 0. The van der Waals surface area contributed by atoms with Crippen molar-refractivity contribution in [1.82, 2.24) is 4.90 Å². The number of hydrogen-bond acceptors (Lipinski definition) is 3. The van der Waals surface area contributed by atoms with E-state index in [1.807, 2.05) is 32.9 Å². The summed E-state index contributed by atoms with van der Waals surface area (Å²) in [6.07, 6.45) is 3.75. The van der Waals surface area contributed by atoms with E-state index in [1.165, 1.54) is 14.0 Å². The van der Waals surface area contributed by atoms with E-state index in [0.29, 0.717) is 6.42 Å². The Kier molecular flexibility index (Phi) is 3.13. The van der Waals surface area contributed by atoms with Crippen LogP contribution in [0.25, 0.3) is 0 Å². The van der Waals surface area contributed by atoms with Crippen LogP contribution in [-0.2, 0) is 9.53 Å². The second kappa shape index (κ2) is 3.92. The van der Waals surface area contributed by atoms with Crippen molar-refractivity contribution < 1.29 is 14.3 Å². The number of carbonyl (C=O) groups is 2. The summed E-state index contributed by atoms with van der Waals surface area (Å²) in [5.41, 5.74) is -1.00. The van der Waals surface area contributed by atoms with Gasteiger partial charge in [-0.05, 0) is 27.7 Å². The van der Waals surface area contributed by atoms with Gasteiger partial charge in [0.1, 0.15) is 5.78 Å². The summed E-state index contributed by atoms with van der Waals surface area (Å²) >= 11 is 0. The molecule has 90 valence electrons. The first-order valence-corrected chi connectivity index (χ1v) is 5.31. The Labute approximate surface area is 96.3 Å². The lowest BCUT2D eigenvalue weighted by molar-refractivity contribution is -0.118. The van der Waals surface area contributed by atoms with Crippen LogP contribution in [0, 0.1) is 0 Å². The quantitative estimate of drug-likeness (QED) is 0.676. The highest BCUT2D eigenvalue weighted by Crippen LogP contribution is 2.37. The molecule has 0 aromatic carbocycles. The summed E-state index contributed by atoms with van der Waals surface area (Å²) < 4.78 is 4.78. The molecule has 1 amide bonds. The highest BCUT2D eigenvalue weighted by Gasteiger charge is 2.47. The smallest absolute Gasteiger partial charge is 0.410 e. The fourth-order valence-electron chi connectivity index (χ4n) is 2.37. The van der Waals surface area contributed by atoms with Crippen LogP contribution in [0.4, 0.5) is 4.79 Å². The molecule has 0 fully saturated rings. The first kappa shape index (κ1) is 12.7. The zero-order valence-electron chi connectivity index (χ0n) is 10.5. The minimum atomic E-state index is -0.581. The Bertz CT molecular complexity index is 346. The number of methoxy groups -OCH3 is 1. The highest BCUT2D eigenvalue weighted by molar-refractivity contribution is 5.80. The molecule has 0 saturated carbocycles. The molecule has 16 heavy (non-hydrogen) atoms. The zero-order valence-corrected chi connectivity index (χ0v) is 10.5. The fourth-order valence-corrected chi connectivity index (χ4v) is 2.37. The molecule has 0 spiro atoms. The lowest BCUT2D eigenvalue weighted by atomic mass is 9.95. The van der Waals surface area contributed by atoms with Crippen LogP contribution in [0.2, 0.25) is 0 Å². The number of hydrogen-bond donors (Lipinski definition) is 0. The van der Waals surface area contributed by atoms with Crippen LogP contribution >= 0.6 is 0 Å². The molecule has 0 radical (unpaired) electrons. The number of carbonyl (C=O) groups excluding carboxylic acids is 2. The monoisotopic (exact) mass is 225 g/mol. The van der Waals surface area contributed by atoms with E-state index in [9.17, 15) is 9.59 Å². The lowest BCUT2D eigenvalue weighted by Gasteiger charge is -2.41. The maximum absolute atomic E-state index is 11.8. The van der Waals surface area contributed by atoms with Crippen molar-refractivity contribution in [3.63, 3.8) is 0 Å². The molecule has 1 aliphatic rings. The van der Waals surface area contributed by atoms with Gasteiger partial charge in [0.25, 0.3) is 0 Å². The fraction of sp³-hybridized carbons (Fsp3) is 0.667. The molecule has 1 heterocycles. The second-order valence-corrected chi connectivity index (χ2v) is 5.03. The minimum absolute atomic E-state index is 0.0544. The summed E-state index contributed by atoms with van der Waals surface area (Å²) in [7, 11) is 1.35. The molecular weight excluding hydrogens is 206 g/mol. The van der Waals surface area contributed by atoms with Crippen molar-refractivity contribution in [2.24, 2.45) is 0 Å². The zero-order chi connectivity index (χ0) is 12.6. The van der Waals surface area contributed by atoms with Crippen molar-refractivity contribution in [2.45, 2.75) is 45.2 Å². The van der Waals surface area contributed by atoms with Crippen molar-refractivity contribution in [3.05, 3.63) is 12.2 Å². The van der Waals surface area contributed by atoms with Crippen LogP contribution in [0.1, 0.15) is 34.1 Å². The van der Waals surface area contributed by atoms with Gasteiger partial charge < -0.3 is 4.74 Å². The van der Waals surface area contributed by atoms with Crippen molar-refractivity contribution in [2.75, 3.05) is 7.11 Å². The molecule has 1 aliphatic heterocycles. The first-order chi connectivity index (χ1) is 7.23. The molecule has 0 N–H and O–H groups in total. The van der Waals surface area contributed by atoms with E-state index < -0.39 is 17.2 Å². The Balaban J connectivity index is 3.06. The number of nitrogens with zero attached hydrogens (tertiary/aromatic N) is 1. The summed E-state index contributed by atoms with van der Waals surface area (Å²) in [4.78, 5) is 24.7. The van der Waals surface area contributed by atoms with Gasteiger partial charge in [-0.25, -0.2) is 4.79 Å². The topological polar surface area (TPSA) is 46.6 Å². The molecule has 0 bridgehead atoms. The maximum atomic E-state index is 11.8. The van der Waals surface area contributed by atoms with Crippen LogP contribution in [0.15, 0.2) is 12.2 Å². The molecular formula is C12H19NO3. The first-order valence-electron chi connectivity index (χ1n) is 5.31. The van der Waals surface area contributed by atoms with E-state index >= 15 is 0 Å². The van der Waals surface area contributed by atoms with Gasteiger partial charge in [0.05, 0.1) is 18.2 Å². The van der Waals surface area contributed by atoms with Crippen molar-refractivity contribution in [1.29, 1.82) is 0 Å². The standard InChI is InChI=1S/C12H19NO3/c1-9(14)8-12(4)7-6-11(2,3)13(12)10(15)16-5/h6-7H,8H2,1-5H3/t12-/m0/s1. The molecule has 0 aromatic heterocycles. The predicted octanol–water partition coefficient (Wildman–Crippen LogP) is 2.14. The van der Waals surface area contributed by atoms with Crippen LogP contribution in [0.5, 0.6) is 0 Å². The largest absolute Gasteiger partial charge is 0.453 e. The molecule has 0 saturated heterocycles. The Morgan fingerprint density at radius 3 is 2.25 bits per heavy atom. The predicted molar refractivity (Wildman–Crippen MR) is 61.2 cm³/mol. The van der Waals surface area contributed by atoms with Gasteiger partial charge in [-0.1, -0.05) is 12.2 Å². The molecule has 1 atom stereocenters. The average molecular weight is 225 g/mol. The summed E-state index contributed by atoms with van der Waals surface area (Å²) in [6.45, 7) is 7.24. The Morgan fingerprint density at radius 2 is 1.81 bits per heavy atom. The van der Waals surface area contributed by atoms with E-state index in [-0.39, 0.29) is 5.78 Å². The van der Waals surface area contributed by atoms with Gasteiger partial charge in [0, 0.05) is 6.42 Å². The van der Waals surface area contributed by atoms with Gasteiger partial charge in [-0.2, -0.15) is 0 Å². The molecule has 4 heteroatoms. The Morgan fingerprint density at radius 1 is 1.25 bits per heavy atom. The van der Waals surface area contributed by atoms with Crippen LogP contribution in [-0.4, -0.2) is 35.0 Å². The molecule has 4 nitrogen and oxygen atoms in total.